The minimum absolute atomic E-state index is 0.142. The molecule has 1 heterocycles. The fourth-order valence-electron chi connectivity index (χ4n) is 3.73. The maximum Gasteiger partial charge on any atom is 0.142 e. The lowest BCUT2D eigenvalue weighted by Gasteiger charge is -2.42. The Balaban J connectivity index is 1.99. The van der Waals surface area contributed by atoms with Crippen LogP contribution < -0.4 is 15.4 Å². The summed E-state index contributed by atoms with van der Waals surface area (Å²) in [5.41, 5.74) is 7.57. The lowest BCUT2D eigenvalue weighted by atomic mass is 9.92. The molecule has 3 rings (SSSR count). The summed E-state index contributed by atoms with van der Waals surface area (Å²) in [4.78, 5) is 2.54. The number of nitrogens with zero attached hydrogens (tertiary/aromatic N) is 1. The molecule has 1 aliphatic carbocycles. The first-order valence-corrected chi connectivity index (χ1v) is 7.45. The first kappa shape index (κ1) is 12.8. The van der Waals surface area contributed by atoms with Crippen molar-refractivity contribution in [2.45, 2.75) is 38.1 Å². The van der Waals surface area contributed by atoms with Crippen LogP contribution in [0, 0.1) is 5.92 Å². The van der Waals surface area contributed by atoms with Crippen molar-refractivity contribution < 1.29 is 4.74 Å². The van der Waals surface area contributed by atoms with E-state index in [1.54, 1.807) is 0 Å². The lowest BCUT2D eigenvalue weighted by Crippen LogP contribution is -2.53. The van der Waals surface area contributed by atoms with Gasteiger partial charge in [0.2, 0.25) is 0 Å². The molecule has 104 valence electrons. The summed E-state index contributed by atoms with van der Waals surface area (Å²) < 4.78 is 5.87. The molecule has 0 bridgehead atoms. The molecule has 1 fully saturated rings. The zero-order chi connectivity index (χ0) is 13.3. The first-order valence-electron chi connectivity index (χ1n) is 7.45. The molecule has 3 nitrogen and oxygen atoms in total. The Kier molecular flexibility index (Phi) is 3.40. The molecular weight excluding hydrogens is 236 g/mol. The van der Waals surface area contributed by atoms with Crippen molar-refractivity contribution in [1.82, 2.24) is 0 Å². The molecule has 0 spiro atoms. The van der Waals surface area contributed by atoms with Crippen molar-refractivity contribution in [3.8, 4) is 5.75 Å². The lowest BCUT2D eigenvalue weighted by molar-refractivity contribution is 0.320. The third-order valence-corrected chi connectivity index (χ3v) is 4.72. The number of hydrogen-bond donors (Lipinski definition) is 1. The highest BCUT2D eigenvalue weighted by atomic mass is 16.5. The van der Waals surface area contributed by atoms with Crippen molar-refractivity contribution in [1.29, 1.82) is 0 Å². The number of anilines is 1. The van der Waals surface area contributed by atoms with Gasteiger partial charge in [0.25, 0.3) is 0 Å². The third-order valence-electron chi connectivity index (χ3n) is 4.72. The maximum atomic E-state index is 6.19. The summed E-state index contributed by atoms with van der Waals surface area (Å²) in [5, 5.41) is 0. The van der Waals surface area contributed by atoms with Gasteiger partial charge in [-0.15, -0.1) is 0 Å². The zero-order valence-corrected chi connectivity index (χ0v) is 11.8. The van der Waals surface area contributed by atoms with Crippen LogP contribution in [0.5, 0.6) is 5.75 Å². The van der Waals surface area contributed by atoms with Gasteiger partial charge in [0.1, 0.15) is 5.75 Å². The van der Waals surface area contributed by atoms with Gasteiger partial charge in [-0.05, 0) is 43.7 Å². The van der Waals surface area contributed by atoms with Crippen LogP contribution in [0.15, 0.2) is 24.3 Å². The maximum absolute atomic E-state index is 6.19. The van der Waals surface area contributed by atoms with Crippen LogP contribution in [0.4, 0.5) is 5.69 Å². The Labute approximate surface area is 115 Å². The van der Waals surface area contributed by atoms with Crippen molar-refractivity contribution in [2.24, 2.45) is 11.7 Å². The fourth-order valence-corrected chi connectivity index (χ4v) is 3.73. The second-order valence-electron chi connectivity index (χ2n) is 6.10. The molecule has 1 aromatic rings. The molecule has 2 aliphatic rings. The van der Waals surface area contributed by atoms with E-state index in [1.807, 2.05) is 0 Å². The molecule has 0 radical (unpaired) electrons. The summed E-state index contributed by atoms with van der Waals surface area (Å²) in [5.74, 6) is 1.80. The molecule has 2 unspecified atom stereocenters. The highest BCUT2D eigenvalue weighted by molar-refractivity contribution is 5.61. The Morgan fingerprint density at radius 3 is 3.00 bits per heavy atom. The van der Waals surface area contributed by atoms with Crippen LogP contribution in [0.1, 0.15) is 32.6 Å². The molecule has 0 amide bonds. The summed E-state index contributed by atoms with van der Waals surface area (Å²) in [7, 11) is 0. The van der Waals surface area contributed by atoms with Crippen LogP contribution in [0.3, 0.4) is 0 Å². The van der Waals surface area contributed by atoms with E-state index in [2.05, 4.69) is 36.1 Å². The molecule has 2 atom stereocenters. The van der Waals surface area contributed by atoms with E-state index >= 15 is 0 Å². The smallest absolute Gasteiger partial charge is 0.142 e. The van der Waals surface area contributed by atoms with Gasteiger partial charge in [0.15, 0.2) is 0 Å². The number of benzene rings is 1. The van der Waals surface area contributed by atoms with Crippen molar-refractivity contribution >= 4 is 5.69 Å². The minimum atomic E-state index is 0.142. The molecule has 1 saturated carbocycles. The summed E-state index contributed by atoms with van der Waals surface area (Å²) in [6, 6.07) is 8.41. The number of hydrogen-bond acceptors (Lipinski definition) is 3. The Bertz CT molecular complexity index is 448. The number of ether oxygens (including phenoxy) is 1. The van der Waals surface area contributed by atoms with Gasteiger partial charge in [0.05, 0.1) is 17.8 Å². The normalized spacial score (nSPS) is 30.6. The first-order chi connectivity index (χ1) is 9.25. The van der Waals surface area contributed by atoms with Crippen molar-refractivity contribution in [3.05, 3.63) is 24.3 Å². The molecule has 2 N–H and O–H groups in total. The van der Waals surface area contributed by atoms with Gasteiger partial charge >= 0.3 is 0 Å². The topological polar surface area (TPSA) is 38.5 Å². The molecule has 0 aromatic heterocycles. The molecule has 3 heteroatoms. The van der Waals surface area contributed by atoms with Crippen molar-refractivity contribution in [3.63, 3.8) is 0 Å². The van der Waals surface area contributed by atoms with Crippen LogP contribution in [0.2, 0.25) is 0 Å². The van der Waals surface area contributed by atoms with Crippen LogP contribution in [-0.4, -0.2) is 25.2 Å². The Morgan fingerprint density at radius 2 is 2.26 bits per heavy atom. The Morgan fingerprint density at radius 1 is 1.42 bits per heavy atom. The van der Waals surface area contributed by atoms with E-state index < -0.39 is 0 Å². The zero-order valence-electron chi connectivity index (χ0n) is 11.8. The van der Waals surface area contributed by atoms with Crippen molar-refractivity contribution in [2.75, 3.05) is 24.6 Å². The Hall–Kier alpha value is -1.22. The molecular formula is C16H24N2O. The van der Waals surface area contributed by atoms with E-state index in [9.17, 15) is 0 Å². The average Bonchev–Trinajstić information content (AvgIpc) is 2.70. The number of nitrogens with two attached hydrogens (primary N) is 1. The second-order valence-corrected chi connectivity index (χ2v) is 6.10. The van der Waals surface area contributed by atoms with E-state index in [-0.39, 0.29) is 5.54 Å². The third kappa shape index (κ3) is 2.20. The highest BCUT2D eigenvalue weighted by Crippen LogP contribution is 2.44. The van der Waals surface area contributed by atoms with E-state index in [4.69, 9.17) is 10.5 Å². The van der Waals surface area contributed by atoms with Gasteiger partial charge < -0.3 is 15.4 Å². The van der Waals surface area contributed by atoms with Crippen LogP contribution in [-0.2, 0) is 0 Å². The average molecular weight is 260 g/mol. The molecule has 1 aromatic carbocycles. The quantitative estimate of drug-likeness (QED) is 0.888. The van der Waals surface area contributed by atoms with E-state index in [0.717, 1.165) is 37.8 Å². The summed E-state index contributed by atoms with van der Waals surface area (Å²) >= 11 is 0. The predicted molar refractivity (Wildman–Crippen MR) is 78.7 cm³/mol. The number of fused-ring (bicyclic) bond motifs is 1. The largest absolute Gasteiger partial charge is 0.491 e. The molecule has 0 saturated heterocycles. The van der Waals surface area contributed by atoms with Gasteiger partial charge in [0, 0.05) is 13.1 Å². The highest BCUT2D eigenvalue weighted by Gasteiger charge is 2.42. The van der Waals surface area contributed by atoms with Gasteiger partial charge in [-0.2, -0.15) is 0 Å². The standard InChI is InChI=1S/C16H24N2O/c1-13-7-8-16(11-13,12-17)18-9-4-10-19-15-6-3-2-5-14(15)18/h2-3,5-6,13H,4,7-12,17H2,1H3. The predicted octanol–water partition coefficient (Wildman–Crippen LogP) is 2.79. The van der Waals surface area contributed by atoms with E-state index in [1.165, 1.54) is 24.9 Å². The SMILES string of the molecule is CC1CCC(CN)(N2CCCOc3ccccc32)C1. The molecule has 19 heavy (non-hydrogen) atoms. The molecule has 1 aliphatic heterocycles. The van der Waals surface area contributed by atoms with Crippen LogP contribution in [0.25, 0.3) is 0 Å². The fraction of sp³-hybridized carbons (Fsp3) is 0.625. The number of para-hydroxylation sites is 2. The van der Waals surface area contributed by atoms with E-state index in [0.29, 0.717) is 0 Å². The summed E-state index contributed by atoms with van der Waals surface area (Å²) in [6.45, 7) is 4.95. The monoisotopic (exact) mass is 260 g/mol. The van der Waals surface area contributed by atoms with Gasteiger partial charge in [-0.25, -0.2) is 0 Å². The summed E-state index contributed by atoms with van der Waals surface area (Å²) in [6.07, 6.45) is 4.78. The van der Waals surface area contributed by atoms with Gasteiger partial charge in [-0.1, -0.05) is 19.1 Å². The minimum Gasteiger partial charge on any atom is -0.491 e. The number of rotatable bonds is 2. The van der Waals surface area contributed by atoms with Gasteiger partial charge in [-0.3, -0.25) is 0 Å². The van der Waals surface area contributed by atoms with Crippen LogP contribution >= 0.6 is 0 Å². The second kappa shape index (κ2) is 5.04.